The van der Waals surface area contributed by atoms with Crippen LogP contribution in [0.2, 0.25) is 0 Å². The fourth-order valence-corrected chi connectivity index (χ4v) is 3.29. The fraction of sp³-hybridized carbons (Fsp3) is 0.263. The van der Waals surface area contributed by atoms with Crippen molar-refractivity contribution >= 4 is 17.0 Å². The SMILES string of the molecule is CCc1c[nH]c2ncc(-c3cccc([C@@H]4C[C@H]4C(=O)O)c3)cc12. The smallest absolute Gasteiger partial charge is 0.307 e. The van der Waals surface area contributed by atoms with Crippen LogP contribution >= 0.6 is 0 Å². The first-order chi connectivity index (χ1) is 11.2. The van der Waals surface area contributed by atoms with Gasteiger partial charge in [0.25, 0.3) is 0 Å². The van der Waals surface area contributed by atoms with Crippen LogP contribution in [0, 0.1) is 5.92 Å². The minimum atomic E-state index is -0.691. The molecule has 0 unspecified atom stereocenters. The normalized spacial score (nSPS) is 19.9. The molecule has 1 aromatic carbocycles. The standard InChI is InChI=1S/C19H18N2O2/c1-2-11-9-20-18-16(11)7-14(10-21-18)12-4-3-5-13(6-12)15-8-17(15)19(22)23/h3-7,9-10,15,17H,2,8H2,1H3,(H,20,21)(H,22,23)/t15-,17+/m0/s1. The molecule has 2 atom stereocenters. The molecular weight excluding hydrogens is 288 g/mol. The maximum absolute atomic E-state index is 11.1. The highest BCUT2D eigenvalue weighted by molar-refractivity contribution is 5.84. The lowest BCUT2D eigenvalue weighted by Gasteiger charge is -2.06. The summed E-state index contributed by atoms with van der Waals surface area (Å²) in [6.45, 7) is 2.13. The van der Waals surface area contributed by atoms with Gasteiger partial charge >= 0.3 is 5.97 Å². The Morgan fingerprint density at radius 2 is 2.22 bits per heavy atom. The number of carboxylic acid groups (broad SMARTS) is 1. The molecule has 1 aliphatic rings. The molecule has 4 rings (SSSR count). The van der Waals surface area contributed by atoms with Gasteiger partial charge in [-0.2, -0.15) is 0 Å². The summed E-state index contributed by atoms with van der Waals surface area (Å²) in [5.41, 5.74) is 5.45. The topological polar surface area (TPSA) is 66.0 Å². The Kier molecular flexibility index (Phi) is 3.18. The zero-order valence-electron chi connectivity index (χ0n) is 12.9. The largest absolute Gasteiger partial charge is 0.481 e. The third-order valence-corrected chi connectivity index (χ3v) is 4.75. The third-order valence-electron chi connectivity index (χ3n) is 4.75. The number of nitrogens with one attached hydrogen (secondary N) is 1. The predicted octanol–water partition coefficient (Wildman–Crippen LogP) is 3.98. The Hall–Kier alpha value is -2.62. The van der Waals surface area contributed by atoms with E-state index in [2.05, 4.69) is 35.1 Å². The van der Waals surface area contributed by atoms with Crippen LogP contribution in [-0.4, -0.2) is 21.0 Å². The van der Waals surface area contributed by atoms with Gasteiger partial charge in [-0.25, -0.2) is 4.98 Å². The van der Waals surface area contributed by atoms with Crippen molar-refractivity contribution in [1.29, 1.82) is 0 Å². The molecular formula is C19H18N2O2. The van der Waals surface area contributed by atoms with E-state index < -0.39 is 5.97 Å². The van der Waals surface area contributed by atoms with Gasteiger partial charge in [-0.3, -0.25) is 4.79 Å². The van der Waals surface area contributed by atoms with Gasteiger partial charge in [0.2, 0.25) is 0 Å². The van der Waals surface area contributed by atoms with Gasteiger partial charge in [-0.1, -0.05) is 31.2 Å². The van der Waals surface area contributed by atoms with Crippen molar-refractivity contribution in [1.82, 2.24) is 9.97 Å². The third kappa shape index (κ3) is 2.40. The molecule has 1 fully saturated rings. The van der Waals surface area contributed by atoms with E-state index in [0.29, 0.717) is 0 Å². The number of hydrogen-bond donors (Lipinski definition) is 2. The van der Waals surface area contributed by atoms with Crippen molar-refractivity contribution in [3.05, 3.63) is 53.9 Å². The number of aromatic nitrogens is 2. The van der Waals surface area contributed by atoms with Gasteiger partial charge in [0.05, 0.1) is 5.92 Å². The number of aliphatic carboxylic acids is 1. The van der Waals surface area contributed by atoms with Gasteiger partial charge in [0.15, 0.2) is 0 Å². The molecule has 2 N–H and O–H groups in total. The molecule has 1 aliphatic carbocycles. The molecule has 0 bridgehead atoms. The molecule has 4 heteroatoms. The number of carboxylic acids is 1. The van der Waals surface area contributed by atoms with Crippen molar-refractivity contribution < 1.29 is 9.90 Å². The van der Waals surface area contributed by atoms with Crippen LogP contribution in [0.1, 0.15) is 30.4 Å². The fourth-order valence-electron chi connectivity index (χ4n) is 3.29. The highest BCUT2D eigenvalue weighted by Crippen LogP contribution is 2.48. The Labute approximate surface area is 134 Å². The molecule has 2 heterocycles. The molecule has 0 radical (unpaired) electrons. The van der Waals surface area contributed by atoms with E-state index in [4.69, 9.17) is 5.11 Å². The highest BCUT2D eigenvalue weighted by atomic mass is 16.4. The average Bonchev–Trinajstić information content (AvgIpc) is 3.28. The molecule has 2 aromatic heterocycles. The lowest BCUT2D eigenvalue weighted by molar-refractivity contribution is -0.138. The molecule has 0 amide bonds. The van der Waals surface area contributed by atoms with E-state index in [1.165, 1.54) is 5.56 Å². The molecule has 4 nitrogen and oxygen atoms in total. The van der Waals surface area contributed by atoms with Crippen LogP contribution in [0.15, 0.2) is 42.7 Å². The lowest BCUT2D eigenvalue weighted by Crippen LogP contribution is -1.98. The zero-order valence-corrected chi connectivity index (χ0v) is 12.9. The summed E-state index contributed by atoms with van der Waals surface area (Å²) in [4.78, 5) is 18.8. The van der Waals surface area contributed by atoms with Crippen molar-refractivity contribution in [2.24, 2.45) is 5.92 Å². The van der Waals surface area contributed by atoms with Gasteiger partial charge in [0, 0.05) is 23.3 Å². The van der Waals surface area contributed by atoms with E-state index in [1.807, 2.05) is 24.5 Å². The predicted molar refractivity (Wildman–Crippen MR) is 89.4 cm³/mol. The van der Waals surface area contributed by atoms with Crippen molar-refractivity contribution in [3.8, 4) is 11.1 Å². The molecule has 23 heavy (non-hydrogen) atoms. The van der Waals surface area contributed by atoms with Crippen molar-refractivity contribution in [2.75, 3.05) is 0 Å². The van der Waals surface area contributed by atoms with Gasteiger partial charge < -0.3 is 10.1 Å². The first-order valence-electron chi connectivity index (χ1n) is 7.96. The summed E-state index contributed by atoms with van der Waals surface area (Å²) in [5.74, 6) is -0.756. The van der Waals surface area contributed by atoms with Crippen LogP contribution in [-0.2, 0) is 11.2 Å². The second-order valence-electron chi connectivity index (χ2n) is 6.20. The van der Waals surface area contributed by atoms with Gasteiger partial charge in [-0.05, 0) is 41.5 Å². The maximum atomic E-state index is 11.1. The number of H-pyrrole nitrogens is 1. The average molecular weight is 306 g/mol. The molecule has 116 valence electrons. The number of aryl methyl sites for hydroxylation is 1. The number of hydrogen-bond acceptors (Lipinski definition) is 2. The number of pyridine rings is 1. The van der Waals surface area contributed by atoms with Crippen molar-refractivity contribution in [2.45, 2.75) is 25.7 Å². The summed E-state index contributed by atoms with van der Waals surface area (Å²) in [6.07, 6.45) is 5.60. The quantitative estimate of drug-likeness (QED) is 0.766. The highest BCUT2D eigenvalue weighted by Gasteiger charge is 2.44. The van der Waals surface area contributed by atoms with Crippen LogP contribution in [0.5, 0.6) is 0 Å². The Balaban J connectivity index is 1.72. The Morgan fingerprint density at radius 3 is 2.96 bits per heavy atom. The van der Waals surface area contributed by atoms with Crippen LogP contribution in [0.25, 0.3) is 22.2 Å². The number of fused-ring (bicyclic) bond motifs is 1. The number of nitrogens with zero attached hydrogens (tertiary/aromatic N) is 1. The zero-order chi connectivity index (χ0) is 16.0. The minimum absolute atomic E-state index is 0.155. The molecule has 0 spiro atoms. The first-order valence-corrected chi connectivity index (χ1v) is 7.96. The van der Waals surface area contributed by atoms with E-state index in [1.54, 1.807) is 0 Å². The number of aromatic amines is 1. The van der Waals surface area contributed by atoms with Crippen LogP contribution in [0.4, 0.5) is 0 Å². The second kappa shape index (κ2) is 5.23. The Bertz CT molecular complexity index is 897. The molecule has 0 saturated heterocycles. The molecule has 3 aromatic rings. The number of benzene rings is 1. The van der Waals surface area contributed by atoms with Gasteiger partial charge in [-0.15, -0.1) is 0 Å². The van der Waals surface area contributed by atoms with Crippen molar-refractivity contribution in [3.63, 3.8) is 0 Å². The molecule has 1 saturated carbocycles. The van der Waals surface area contributed by atoms with E-state index in [0.717, 1.165) is 40.6 Å². The maximum Gasteiger partial charge on any atom is 0.307 e. The van der Waals surface area contributed by atoms with Crippen LogP contribution < -0.4 is 0 Å². The summed E-state index contributed by atoms with van der Waals surface area (Å²) >= 11 is 0. The van der Waals surface area contributed by atoms with Crippen LogP contribution in [0.3, 0.4) is 0 Å². The van der Waals surface area contributed by atoms with E-state index in [-0.39, 0.29) is 11.8 Å². The summed E-state index contributed by atoms with van der Waals surface area (Å²) in [7, 11) is 0. The number of carbonyl (C=O) groups is 1. The number of rotatable bonds is 4. The summed E-state index contributed by atoms with van der Waals surface area (Å²) in [5, 5.41) is 10.3. The van der Waals surface area contributed by atoms with Gasteiger partial charge in [0.1, 0.15) is 5.65 Å². The minimum Gasteiger partial charge on any atom is -0.481 e. The monoisotopic (exact) mass is 306 g/mol. The summed E-state index contributed by atoms with van der Waals surface area (Å²) in [6, 6.07) is 10.4. The second-order valence-corrected chi connectivity index (χ2v) is 6.20. The summed E-state index contributed by atoms with van der Waals surface area (Å²) < 4.78 is 0. The first kappa shape index (κ1) is 14.0. The molecule has 0 aliphatic heterocycles. The lowest BCUT2D eigenvalue weighted by atomic mass is 10.0. The van der Waals surface area contributed by atoms with E-state index >= 15 is 0 Å². The van der Waals surface area contributed by atoms with E-state index in [9.17, 15) is 4.79 Å². The Morgan fingerprint density at radius 1 is 1.35 bits per heavy atom.